The summed E-state index contributed by atoms with van der Waals surface area (Å²) in [6.07, 6.45) is 0.787. The summed E-state index contributed by atoms with van der Waals surface area (Å²) in [6.45, 7) is 2.45. The molecule has 0 radical (unpaired) electrons. The number of hydrogen-bond acceptors (Lipinski definition) is 2. The Labute approximate surface area is 79.7 Å². The molecular formula is C9H9BrO2. The van der Waals surface area contributed by atoms with Crippen molar-refractivity contribution in [3.63, 3.8) is 0 Å². The van der Waals surface area contributed by atoms with Gasteiger partial charge in [-0.05, 0) is 35.0 Å². The lowest BCUT2D eigenvalue weighted by molar-refractivity contribution is 0.111. The Hall–Kier alpha value is -0.830. The van der Waals surface area contributed by atoms with Gasteiger partial charge in [0.25, 0.3) is 0 Å². The molecule has 0 unspecified atom stereocenters. The number of carbonyl (C=O) groups is 1. The van der Waals surface area contributed by atoms with Crippen LogP contribution in [0.25, 0.3) is 0 Å². The zero-order chi connectivity index (χ0) is 8.97. The van der Waals surface area contributed by atoms with Crippen LogP contribution in [0.15, 0.2) is 22.7 Å². The van der Waals surface area contributed by atoms with Gasteiger partial charge in [-0.3, -0.25) is 4.79 Å². The van der Waals surface area contributed by atoms with Gasteiger partial charge >= 0.3 is 0 Å². The van der Waals surface area contributed by atoms with E-state index in [4.69, 9.17) is 4.74 Å². The third-order valence-corrected chi connectivity index (χ3v) is 2.12. The van der Waals surface area contributed by atoms with Crippen molar-refractivity contribution in [3.05, 3.63) is 28.2 Å². The number of rotatable bonds is 3. The SMILES string of the molecule is CCOc1cccc(Br)c1C=O. The van der Waals surface area contributed by atoms with Crippen LogP contribution in [0.4, 0.5) is 0 Å². The van der Waals surface area contributed by atoms with E-state index < -0.39 is 0 Å². The Balaban J connectivity index is 3.09. The van der Waals surface area contributed by atoms with Gasteiger partial charge in [-0.15, -0.1) is 0 Å². The number of benzene rings is 1. The van der Waals surface area contributed by atoms with E-state index in [1.165, 1.54) is 0 Å². The maximum absolute atomic E-state index is 10.6. The van der Waals surface area contributed by atoms with Crippen LogP contribution in [0.5, 0.6) is 5.75 Å². The molecule has 64 valence electrons. The normalized spacial score (nSPS) is 9.50. The molecule has 0 saturated carbocycles. The minimum Gasteiger partial charge on any atom is -0.493 e. The number of hydrogen-bond donors (Lipinski definition) is 0. The fraction of sp³-hybridized carbons (Fsp3) is 0.222. The van der Waals surface area contributed by atoms with Crippen molar-refractivity contribution in [1.29, 1.82) is 0 Å². The highest BCUT2D eigenvalue weighted by Gasteiger charge is 2.04. The fourth-order valence-corrected chi connectivity index (χ4v) is 1.35. The highest BCUT2D eigenvalue weighted by molar-refractivity contribution is 9.10. The average Bonchev–Trinajstić information content (AvgIpc) is 2.05. The van der Waals surface area contributed by atoms with Gasteiger partial charge in [0.1, 0.15) is 5.75 Å². The van der Waals surface area contributed by atoms with E-state index in [1.54, 1.807) is 6.07 Å². The van der Waals surface area contributed by atoms with Crippen molar-refractivity contribution in [2.24, 2.45) is 0 Å². The van der Waals surface area contributed by atoms with Crippen molar-refractivity contribution in [3.8, 4) is 5.75 Å². The molecule has 0 heterocycles. The second kappa shape index (κ2) is 4.26. The van der Waals surface area contributed by atoms with Crippen LogP contribution in [0.1, 0.15) is 17.3 Å². The third kappa shape index (κ3) is 1.85. The van der Waals surface area contributed by atoms with E-state index in [2.05, 4.69) is 15.9 Å². The first-order valence-corrected chi connectivity index (χ1v) is 4.45. The Morgan fingerprint density at radius 1 is 1.58 bits per heavy atom. The van der Waals surface area contributed by atoms with Gasteiger partial charge in [0, 0.05) is 4.47 Å². The first-order valence-electron chi connectivity index (χ1n) is 3.66. The second-order valence-electron chi connectivity index (χ2n) is 2.20. The van der Waals surface area contributed by atoms with Crippen LogP contribution < -0.4 is 4.74 Å². The van der Waals surface area contributed by atoms with Crippen molar-refractivity contribution in [2.75, 3.05) is 6.61 Å². The van der Waals surface area contributed by atoms with Crippen LogP contribution >= 0.6 is 15.9 Å². The van der Waals surface area contributed by atoms with Crippen molar-refractivity contribution in [1.82, 2.24) is 0 Å². The third-order valence-electron chi connectivity index (χ3n) is 1.43. The van der Waals surface area contributed by atoms with Gasteiger partial charge in [0.2, 0.25) is 0 Å². The molecule has 3 heteroatoms. The second-order valence-corrected chi connectivity index (χ2v) is 3.06. The quantitative estimate of drug-likeness (QED) is 0.744. The van der Waals surface area contributed by atoms with E-state index in [0.29, 0.717) is 17.9 Å². The molecule has 0 aromatic heterocycles. The standard InChI is InChI=1S/C9H9BrO2/c1-2-12-9-5-3-4-8(10)7(9)6-11/h3-6H,2H2,1H3. The van der Waals surface area contributed by atoms with Crippen LogP contribution in [0, 0.1) is 0 Å². The van der Waals surface area contributed by atoms with Crippen LogP contribution in [0.3, 0.4) is 0 Å². The predicted octanol–water partition coefficient (Wildman–Crippen LogP) is 2.66. The molecule has 12 heavy (non-hydrogen) atoms. The highest BCUT2D eigenvalue weighted by Crippen LogP contribution is 2.24. The summed E-state index contributed by atoms with van der Waals surface area (Å²) in [7, 11) is 0. The van der Waals surface area contributed by atoms with E-state index >= 15 is 0 Å². The summed E-state index contributed by atoms with van der Waals surface area (Å²) in [5.74, 6) is 0.627. The molecule has 0 aliphatic carbocycles. The van der Waals surface area contributed by atoms with Crippen molar-refractivity contribution >= 4 is 22.2 Å². The highest BCUT2D eigenvalue weighted by atomic mass is 79.9. The Morgan fingerprint density at radius 2 is 2.33 bits per heavy atom. The molecule has 0 saturated heterocycles. The van der Waals surface area contributed by atoms with Crippen LogP contribution in [-0.2, 0) is 0 Å². The van der Waals surface area contributed by atoms with Crippen LogP contribution in [0.2, 0.25) is 0 Å². The molecule has 1 aromatic carbocycles. The summed E-state index contributed by atoms with van der Waals surface area (Å²) in [6, 6.07) is 5.42. The average molecular weight is 229 g/mol. The minimum atomic E-state index is 0.567. The monoisotopic (exact) mass is 228 g/mol. The van der Waals surface area contributed by atoms with Gasteiger partial charge in [0.05, 0.1) is 12.2 Å². The van der Waals surface area contributed by atoms with Gasteiger partial charge < -0.3 is 4.74 Å². The van der Waals surface area contributed by atoms with Gasteiger partial charge in [0.15, 0.2) is 6.29 Å². The fourth-order valence-electron chi connectivity index (χ4n) is 0.913. The summed E-state index contributed by atoms with van der Waals surface area (Å²) in [5.41, 5.74) is 0.569. The molecule has 1 aromatic rings. The zero-order valence-corrected chi connectivity index (χ0v) is 8.30. The first-order chi connectivity index (χ1) is 5.79. The van der Waals surface area contributed by atoms with E-state index in [9.17, 15) is 4.79 Å². The molecule has 0 spiro atoms. The van der Waals surface area contributed by atoms with Gasteiger partial charge in [-0.25, -0.2) is 0 Å². The van der Waals surface area contributed by atoms with E-state index in [1.807, 2.05) is 19.1 Å². The molecular weight excluding hydrogens is 220 g/mol. The molecule has 0 aliphatic heterocycles. The Kier molecular flexibility index (Phi) is 3.29. The van der Waals surface area contributed by atoms with Gasteiger partial charge in [-0.2, -0.15) is 0 Å². The van der Waals surface area contributed by atoms with Crippen molar-refractivity contribution in [2.45, 2.75) is 6.92 Å². The van der Waals surface area contributed by atoms with Gasteiger partial charge in [-0.1, -0.05) is 6.07 Å². The Bertz CT molecular complexity index is 284. The number of ether oxygens (including phenoxy) is 1. The lowest BCUT2D eigenvalue weighted by atomic mass is 10.2. The lowest BCUT2D eigenvalue weighted by Crippen LogP contribution is -1.96. The van der Waals surface area contributed by atoms with E-state index in [-0.39, 0.29) is 0 Å². The summed E-state index contributed by atoms with van der Waals surface area (Å²) in [4.78, 5) is 10.6. The summed E-state index contributed by atoms with van der Waals surface area (Å²) >= 11 is 3.27. The summed E-state index contributed by atoms with van der Waals surface area (Å²) in [5, 5.41) is 0. The topological polar surface area (TPSA) is 26.3 Å². The molecule has 0 amide bonds. The number of carbonyl (C=O) groups excluding carboxylic acids is 1. The molecule has 0 aliphatic rings. The smallest absolute Gasteiger partial charge is 0.154 e. The van der Waals surface area contributed by atoms with Crippen molar-refractivity contribution < 1.29 is 9.53 Å². The molecule has 2 nitrogen and oxygen atoms in total. The first kappa shape index (κ1) is 9.26. The van der Waals surface area contributed by atoms with E-state index in [0.717, 1.165) is 10.8 Å². The predicted molar refractivity (Wildman–Crippen MR) is 50.7 cm³/mol. The molecule has 0 bridgehead atoms. The zero-order valence-electron chi connectivity index (χ0n) is 6.71. The Morgan fingerprint density at radius 3 is 2.92 bits per heavy atom. The maximum atomic E-state index is 10.6. The molecule has 1 rings (SSSR count). The largest absolute Gasteiger partial charge is 0.493 e. The minimum absolute atomic E-state index is 0.567. The van der Waals surface area contributed by atoms with Crippen LogP contribution in [-0.4, -0.2) is 12.9 Å². The lowest BCUT2D eigenvalue weighted by Gasteiger charge is -2.06. The maximum Gasteiger partial charge on any atom is 0.154 e. The summed E-state index contributed by atoms with van der Waals surface area (Å²) < 4.78 is 6.01. The molecule has 0 N–H and O–H groups in total. The number of aldehydes is 1. The molecule has 0 fully saturated rings. The number of halogens is 1. The molecule has 0 atom stereocenters.